The van der Waals surface area contributed by atoms with Crippen LogP contribution in [0.2, 0.25) is 5.02 Å². The van der Waals surface area contributed by atoms with Gasteiger partial charge in [-0.25, -0.2) is 8.42 Å². The van der Waals surface area contributed by atoms with Crippen molar-refractivity contribution in [2.75, 3.05) is 0 Å². The maximum absolute atomic E-state index is 12.5. The van der Waals surface area contributed by atoms with Crippen molar-refractivity contribution in [1.82, 2.24) is 9.71 Å². The van der Waals surface area contributed by atoms with Gasteiger partial charge in [0.2, 0.25) is 10.0 Å². The van der Waals surface area contributed by atoms with Crippen molar-refractivity contribution < 1.29 is 8.42 Å². The minimum absolute atomic E-state index is 0.188. The molecular weight excluding hydrogens is 308 g/mol. The van der Waals surface area contributed by atoms with Gasteiger partial charge in [0.05, 0.1) is 16.1 Å². The number of aromatic nitrogens is 1. The van der Waals surface area contributed by atoms with Crippen LogP contribution in [0.3, 0.4) is 0 Å². The van der Waals surface area contributed by atoms with Crippen LogP contribution >= 0.6 is 11.6 Å². The van der Waals surface area contributed by atoms with Gasteiger partial charge in [0.1, 0.15) is 0 Å². The number of nitrogens with one attached hydrogen (secondary N) is 1. The average molecular weight is 325 g/mol. The minimum Gasteiger partial charge on any atom is -0.259 e. The number of hydrogen-bond donors (Lipinski definition) is 1. The smallest absolute Gasteiger partial charge is 0.241 e. The Balaban J connectivity index is 2.35. The molecule has 0 bridgehead atoms. The van der Waals surface area contributed by atoms with Crippen LogP contribution in [-0.2, 0) is 15.6 Å². The molecule has 2 rings (SSSR count). The Morgan fingerprint density at radius 3 is 2.48 bits per heavy atom. The van der Waals surface area contributed by atoms with E-state index in [1.54, 1.807) is 51.2 Å². The molecule has 2 aromatic rings. The Labute approximate surface area is 130 Å². The molecule has 0 spiro atoms. The molecule has 112 valence electrons. The van der Waals surface area contributed by atoms with E-state index in [0.717, 1.165) is 5.56 Å². The van der Waals surface area contributed by atoms with Crippen molar-refractivity contribution in [2.24, 2.45) is 0 Å². The summed E-state index contributed by atoms with van der Waals surface area (Å²) in [7, 11) is -3.65. The zero-order chi connectivity index (χ0) is 15.7. The van der Waals surface area contributed by atoms with E-state index in [2.05, 4.69) is 9.71 Å². The monoisotopic (exact) mass is 324 g/mol. The highest BCUT2D eigenvalue weighted by Gasteiger charge is 2.29. The van der Waals surface area contributed by atoms with Gasteiger partial charge >= 0.3 is 0 Å². The molecule has 0 aliphatic heterocycles. The first-order valence-electron chi connectivity index (χ1n) is 6.44. The van der Waals surface area contributed by atoms with E-state index in [-0.39, 0.29) is 4.90 Å². The Bertz CT molecular complexity index is 744. The topological polar surface area (TPSA) is 59.1 Å². The second kappa shape index (κ2) is 5.75. The Kier molecular flexibility index (Phi) is 4.37. The number of nitrogens with zero attached hydrogens (tertiary/aromatic N) is 1. The molecule has 1 heterocycles. The molecule has 4 nitrogen and oxygen atoms in total. The van der Waals surface area contributed by atoms with Gasteiger partial charge in [-0.2, -0.15) is 4.72 Å². The van der Waals surface area contributed by atoms with E-state index in [4.69, 9.17) is 11.6 Å². The summed E-state index contributed by atoms with van der Waals surface area (Å²) < 4.78 is 27.7. The van der Waals surface area contributed by atoms with Gasteiger partial charge in [-0.1, -0.05) is 17.7 Å². The van der Waals surface area contributed by atoms with Crippen molar-refractivity contribution in [3.05, 3.63) is 58.9 Å². The van der Waals surface area contributed by atoms with Crippen molar-refractivity contribution in [2.45, 2.75) is 31.2 Å². The van der Waals surface area contributed by atoms with Gasteiger partial charge in [0, 0.05) is 11.2 Å². The Hall–Kier alpha value is -1.43. The fourth-order valence-corrected chi connectivity index (χ4v) is 3.55. The largest absolute Gasteiger partial charge is 0.259 e. The second-order valence-corrected chi connectivity index (χ2v) is 7.45. The molecule has 0 atom stereocenters. The van der Waals surface area contributed by atoms with Crippen molar-refractivity contribution >= 4 is 21.6 Å². The van der Waals surface area contributed by atoms with Crippen molar-refractivity contribution in [1.29, 1.82) is 0 Å². The molecule has 1 aromatic carbocycles. The summed E-state index contributed by atoms with van der Waals surface area (Å²) in [5, 5.41) is 0.540. The molecule has 0 amide bonds. The van der Waals surface area contributed by atoms with Crippen LogP contribution in [-0.4, -0.2) is 13.4 Å². The van der Waals surface area contributed by atoms with Crippen molar-refractivity contribution in [3.8, 4) is 0 Å². The lowest BCUT2D eigenvalue weighted by atomic mass is 10.0. The van der Waals surface area contributed by atoms with Crippen LogP contribution in [0.5, 0.6) is 0 Å². The fraction of sp³-hybridized carbons (Fsp3) is 0.267. The molecule has 0 aliphatic rings. The zero-order valence-electron chi connectivity index (χ0n) is 12.1. The highest BCUT2D eigenvalue weighted by Crippen LogP contribution is 2.23. The first kappa shape index (κ1) is 15.9. The lowest BCUT2D eigenvalue weighted by Crippen LogP contribution is -2.41. The number of halogens is 1. The fourth-order valence-electron chi connectivity index (χ4n) is 1.96. The number of pyridine rings is 1. The maximum atomic E-state index is 12.5. The van der Waals surface area contributed by atoms with Crippen LogP contribution in [0.25, 0.3) is 0 Å². The lowest BCUT2D eigenvalue weighted by molar-refractivity contribution is 0.460. The van der Waals surface area contributed by atoms with E-state index in [1.807, 2.05) is 6.07 Å². The van der Waals surface area contributed by atoms with Gasteiger partial charge in [-0.15, -0.1) is 0 Å². The van der Waals surface area contributed by atoms with Crippen LogP contribution in [0.15, 0.2) is 47.5 Å². The first-order chi connectivity index (χ1) is 9.72. The van der Waals surface area contributed by atoms with Crippen LogP contribution in [0, 0.1) is 6.92 Å². The average Bonchev–Trinajstić information content (AvgIpc) is 2.41. The molecule has 0 saturated heterocycles. The second-order valence-electron chi connectivity index (χ2n) is 5.36. The zero-order valence-corrected chi connectivity index (χ0v) is 13.7. The third-order valence-corrected chi connectivity index (χ3v) is 5.21. The van der Waals surface area contributed by atoms with Crippen molar-refractivity contribution in [3.63, 3.8) is 0 Å². The molecule has 0 unspecified atom stereocenters. The number of aryl methyl sites for hydroxylation is 1. The Morgan fingerprint density at radius 1 is 1.19 bits per heavy atom. The molecule has 1 N–H and O–H groups in total. The van der Waals surface area contributed by atoms with Crippen LogP contribution in [0.4, 0.5) is 0 Å². The molecular formula is C15H17ClN2O2S. The molecule has 1 aromatic heterocycles. The highest BCUT2D eigenvalue weighted by molar-refractivity contribution is 7.89. The minimum atomic E-state index is -3.65. The summed E-state index contributed by atoms with van der Waals surface area (Å²) in [4.78, 5) is 4.40. The van der Waals surface area contributed by atoms with E-state index < -0.39 is 15.6 Å². The van der Waals surface area contributed by atoms with E-state index in [1.165, 1.54) is 6.07 Å². The van der Waals surface area contributed by atoms with E-state index in [0.29, 0.717) is 10.7 Å². The van der Waals surface area contributed by atoms with Gasteiger partial charge < -0.3 is 0 Å². The van der Waals surface area contributed by atoms with Gasteiger partial charge in [0.25, 0.3) is 0 Å². The molecule has 6 heteroatoms. The number of sulfonamides is 1. The molecule has 0 aliphatic carbocycles. The summed E-state index contributed by atoms with van der Waals surface area (Å²) in [6, 6.07) is 10.0. The summed E-state index contributed by atoms with van der Waals surface area (Å²) in [6.07, 6.45) is 1.64. The summed E-state index contributed by atoms with van der Waals surface area (Å²) in [5.74, 6) is 0. The summed E-state index contributed by atoms with van der Waals surface area (Å²) in [5.41, 5.74) is 0.558. The molecule has 21 heavy (non-hydrogen) atoms. The SMILES string of the molecule is Cc1cc(S(=O)(=O)NC(C)(C)c2ccccn2)ccc1Cl. The number of benzene rings is 1. The predicted octanol–water partition coefficient (Wildman–Crippen LogP) is 3.26. The number of hydrogen-bond acceptors (Lipinski definition) is 3. The summed E-state index contributed by atoms with van der Waals surface area (Å²) in [6.45, 7) is 5.32. The Morgan fingerprint density at radius 2 is 1.90 bits per heavy atom. The molecule has 0 fully saturated rings. The highest BCUT2D eigenvalue weighted by atomic mass is 35.5. The normalized spacial score (nSPS) is 12.4. The van der Waals surface area contributed by atoms with E-state index >= 15 is 0 Å². The van der Waals surface area contributed by atoms with Crippen LogP contribution < -0.4 is 4.72 Å². The van der Waals surface area contributed by atoms with E-state index in [9.17, 15) is 8.42 Å². The quantitative estimate of drug-likeness (QED) is 0.939. The van der Waals surface area contributed by atoms with Gasteiger partial charge in [0.15, 0.2) is 0 Å². The molecule has 0 saturated carbocycles. The lowest BCUT2D eigenvalue weighted by Gasteiger charge is -2.25. The predicted molar refractivity (Wildman–Crippen MR) is 83.8 cm³/mol. The third kappa shape index (κ3) is 3.61. The third-order valence-electron chi connectivity index (χ3n) is 3.13. The summed E-state index contributed by atoms with van der Waals surface area (Å²) >= 11 is 5.93. The standard InChI is InChI=1S/C15H17ClN2O2S/c1-11-10-12(7-8-13(11)16)21(19,20)18-15(2,3)14-6-4-5-9-17-14/h4-10,18H,1-3H3. The first-order valence-corrected chi connectivity index (χ1v) is 8.30. The van der Waals surface area contributed by atoms with Gasteiger partial charge in [-0.05, 0) is 56.7 Å². The van der Waals surface area contributed by atoms with Gasteiger partial charge in [-0.3, -0.25) is 4.98 Å². The maximum Gasteiger partial charge on any atom is 0.241 e. The van der Waals surface area contributed by atoms with Crippen LogP contribution in [0.1, 0.15) is 25.1 Å². The molecule has 0 radical (unpaired) electrons. The number of rotatable bonds is 4.